The Hall–Kier alpha value is -1.82. The van der Waals surface area contributed by atoms with E-state index in [2.05, 4.69) is 25.3 Å². The van der Waals surface area contributed by atoms with Gasteiger partial charge >= 0.3 is 0 Å². The number of hydrogen-bond acceptors (Lipinski definition) is 0. The van der Waals surface area contributed by atoms with Crippen LogP contribution in [0.1, 0.15) is 0 Å². The standard InChI is InChI=1S/C14H12/c1-11-7-3-5-9-13(11)14-10-6-4-8-12(14)2/h3-10H,1-2H2. The highest BCUT2D eigenvalue weighted by atomic mass is 13.9. The molecule has 0 heterocycles. The fraction of sp³-hybridized carbons (Fsp3) is 0. The van der Waals surface area contributed by atoms with Crippen molar-refractivity contribution < 1.29 is 0 Å². The minimum Gasteiger partial charge on any atom is -0.0911 e. The minimum atomic E-state index is 1.05. The fourth-order valence-electron chi connectivity index (χ4n) is 1.57. The van der Waals surface area contributed by atoms with Gasteiger partial charge in [-0.15, -0.1) is 0 Å². The van der Waals surface area contributed by atoms with Crippen LogP contribution in [0.4, 0.5) is 0 Å². The van der Waals surface area contributed by atoms with Crippen molar-refractivity contribution in [2.75, 3.05) is 0 Å². The van der Waals surface area contributed by atoms with Gasteiger partial charge in [0.1, 0.15) is 0 Å². The molecule has 14 heavy (non-hydrogen) atoms. The first-order valence-corrected chi connectivity index (χ1v) is 4.61. The van der Waals surface area contributed by atoms with Gasteiger partial charge in [-0.05, 0) is 20.9 Å². The molecule has 0 spiro atoms. The second kappa shape index (κ2) is 3.51. The second-order valence-electron chi connectivity index (χ2n) is 3.31. The van der Waals surface area contributed by atoms with E-state index < -0.39 is 0 Å². The lowest BCUT2D eigenvalue weighted by molar-refractivity contribution is 1.41. The van der Waals surface area contributed by atoms with E-state index >= 15 is 0 Å². The average molecular weight is 180 g/mol. The third-order valence-corrected chi connectivity index (χ3v) is 2.32. The van der Waals surface area contributed by atoms with Gasteiger partial charge in [-0.2, -0.15) is 0 Å². The van der Waals surface area contributed by atoms with Crippen LogP contribution in [0.2, 0.25) is 0 Å². The summed E-state index contributed by atoms with van der Waals surface area (Å²) in [5.74, 6) is 0. The summed E-state index contributed by atoms with van der Waals surface area (Å²) in [6.45, 7) is 8.02. The Labute approximate surface area is 83.1 Å². The van der Waals surface area contributed by atoms with Crippen LogP contribution in [0, 0.1) is 10.4 Å². The van der Waals surface area contributed by atoms with E-state index in [1.165, 1.54) is 0 Å². The molecule has 0 nitrogen and oxygen atoms in total. The van der Waals surface area contributed by atoms with Gasteiger partial charge in [0, 0.05) is 0 Å². The molecule has 0 bridgehead atoms. The predicted molar refractivity (Wildman–Crippen MR) is 60.9 cm³/mol. The highest BCUT2D eigenvalue weighted by Gasteiger charge is 1.84. The molecule has 0 amide bonds. The molecule has 2 aromatic rings. The lowest BCUT2D eigenvalue weighted by atomic mass is 10.1. The second-order valence-corrected chi connectivity index (χ2v) is 3.31. The molecule has 0 aromatic heterocycles. The zero-order chi connectivity index (χ0) is 9.97. The molecule has 0 atom stereocenters. The molecular weight excluding hydrogens is 168 g/mol. The summed E-state index contributed by atoms with van der Waals surface area (Å²) in [5, 5.41) is 4.42. The predicted octanol–water partition coefficient (Wildman–Crippen LogP) is 1.79. The van der Waals surface area contributed by atoms with Gasteiger partial charge in [0.05, 0.1) is 0 Å². The third kappa shape index (κ3) is 1.47. The highest BCUT2D eigenvalue weighted by molar-refractivity contribution is 5.21. The molecule has 0 aliphatic carbocycles. The van der Waals surface area contributed by atoms with Crippen molar-refractivity contribution >= 4 is 13.2 Å². The Kier molecular flexibility index (Phi) is 2.19. The van der Waals surface area contributed by atoms with Crippen LogP contribution < -0.4 is 10.4 Å². The van der Waals surface area contributed by atoms with Crippen molar-refractivity contribution in [2.45, 2.75) is 0 Å². The maximum atomic E-state index is 4.01. The molecule has 0 fully saturated rings. The molecule has 2 rings (SSSR count). The van der Waals surface area contributed by atoms with Gasteiger partial charge in [-0.3, -0.25) is 0 Å². The zero-order valence-corrected chi connectivity index (χ0v) is 8.03. The van der Waals surface area contributed by atoms with Gasteiger partial charge in [-0.1, -0.05) is 61.7 Å². The summed E-state index contributed by atoms with van der Waals surface area (Å²) < 4.78 is 0. The maximum absolute atomic E-state index is 4.01. The van der Waals surface area contributed by atoms with Crippen LogP contribution in [0.3, 0.4) is 0 Å². The summed E-state index contributed by atoms with van der Waals surface area (Å²) in [5.41, 5.74) is 0. The minimum absolute atomic E-state index is 1.05. The Morgan fingerprint density at radius 2 is 0.929 bits per heavy atom. The first-order chi connectivity index (χ1) is 6.79. The summed E-state index contributed by atoms with van der Waals surface area (Å²) in [6.07, 6.45) is 0. The van der Waals surface area contributed by atoms with Gasteiger partial charge < -0.3 is 0 Å². The van der Waals surface area contributed by atoms with E-state index in [1.807, 2.05) is 36.4 Å². The molecule has 0 saturated heterocycles. The van der Waals surface area contributed by atoms with E-state index in [9.17, 15) is 0 Å². The van der Waals surface area contributed by atoms with Crippen molar-refractivity contribution in [3.63, 3.8) is 0 Å². The van der Waals surface area contributed by atoms with Crippen LogP contribution in [-0.2, 0) is 0 Å². The van der Waals surface area contributed by atoms with E-state index in [1.54, 1.807) is 0 Å². The molecule has 0 aliphatic heterocycles. The van der Waals surface area contributed by atoms with Gasteiger partial charge in [0.25, 0.3) is 0 Å². The number of rotatable bonds is 0. The SMILES string of the molecule is C=c1ccccc1=c1ccccc1=C. The van der Waals surface area contributed by atoms with Crippen LogP contribution in [0.15, 0.2) is 48.5 Å². The summed E-state index contributed by atoms with van der Waals surface area (Å²) in [7, 11) is 0. The lowest BCUT2D eigenvalue weighted by Crippen LogP contribution is -2.05. The summed E-state index contributed by atoms with van der Waals surface area (Å²) in [6, 6.07) is 16.2. The molecule has 0 unspecified atom stereocenters. The Morgan fingerprint density at radius 1 is 0.571 bits per heavy atom. The van der Waals surface area contributed by atoms with Crippen molar-refractivity contribution in [3.8, 4) is 0 Å². The lowest BCUT2D eigenvalue weighted by Gasteiger charge is -1.90. The van der Waals surface area contributed by atoms with Crippen LogP contribution in [0.5, 0.6) is 0 Å². The smallest absolute Gasteiger partial charge is 0.0112 e. The van der Waals surface area contributed by atoms with Crippen molar-refractivity contribution in [2.24, 2.45) is 0 Å². The van der Waals surface area contributed by atoms with Crippen molar-refractivity contribution in [1.29, 1.82) is 0 Å². The van der Waals surface area contributed by atoms with E-state index in [-0.39, 0.29) is 0 Å². The van der Waals surface area contributed by atoms with Crippen LogP contribution in [0.25, 0.3) is 13.2 Å². The Balaban J connectivity index is 3.15. The Morgan fingerprint density at radius 3 is 1.29 bits per heavy atom. The van der Waals surface area contributed by atoms with E-state index in [0.717, 1.165) is 20.9 Å². The highest BCUT2D eigenvalue weighted by Crippen LogP contribution is 1.87. The summed E-state index contributed by atoms with van der Waals surface area (Å²) in [4.78, 5) is 0. The maximum Gasteiger partial charge on any atom is -0.0112 e. The first-order valence-electron chi connectivity index (χ1n) is 4.61. The molecule has 2 aromatic carbocycles. The van der Waals surface area contributed by atoms with Crippen molar-refractivity contribution in [1.82, 2.24) is 0 Å². The Bertz CT molecular complexity index is 566. The number of hydrogen-bond donors (Lipinski definition) is 0. The monoisotopic (exact) mass is 180 g/mol. The zero-order valence-electron chi connectivity index (χ0n) is 8.03. The molecule has 68 valence electrons. The molecule has 0 radical (unpaired) electrons. The summed E-state index contributed by atoms with van der Waals surface area (Å²) >= 11 is 0. The van der Waals surface area contributed by atoms with Gasteiger partial charge in [0.15, 0.2) is 0 Å². The quantitative estimate of drug-likeness (QED) is 0.580. The molecular formula is C14H12. The fourth-order valence-corrected chi connectivity index (χ4v) is 1.57. The first kappa shape index (κ1) is 8.76. The van der Waals surface area contributed by atoms with Crippen LogP contribution >= 0.6 is 0 Å². The number of benzene rings is 2. The largest absolute Gasteiger partial charge is 0.0911 e. The van der Waals surface area contributed by atoms with Crippen LogP contribution in [-0.4, -0.2) is 0 Å². The molecule has 0 aliphatic rings. The average Bonchev–Trinajstić information content (AvgIpc) is 2.20. The normalized spacial score (nSPS) is 12.6. The third-order valence-electron chi connectivity index (χ3n) is 2.32. The van der Waals surface area contributed by atoms with Gasteiger partial charge in [0.2, 0.25) is 0 Å². The van der Waals surface area contributed by atoms with E-state index in [0.29, 0.717) is 0 Å². The molecule has 0 heteroatoms. The topological polar surface area (TPSA) is 0 Å². The molecule has 0 saturated carbocycles. The van der Waals surface area contributed by atoms with E-state index in [4.69, 9.17) is 0 Å². The van der Waals surface area contributed by atoms with Crippen molar-refractivity contribution in [3.05, 3.63) is 69.4 Å². The van der Waals surface area contributed by atoms with Gasteiger partial charge in [-0.25, -0.2) is 0 Å². The molecule has 0 N–H and O–H groups in total.